The largest absolute Gasteiger partial charge is 0.444 e. The molecule has 0 aliphatic rings. The highest BCUT2D eigenvalue weighted by Crippen LogP contribution is 2.24. The zero-order chi connectivity index (χ0) is 20.5. The number of nitrogens with one attached hydrogen (secondary N) is 2. The second-order valence-corrected chi connectivity index (χ2v) is 8.03. The van der Waals surface area contributed by atoms with Crippen molar-refractivity contribution in [3.05, 3.63) is 46.3 Å². The van der Waals surface area contributed by atoms with Crippen LogP contribution in [0, 0.1) is 6.92 Å². The van der Waals surface area contributed by atoms with Crippen LogP contribution in [0.1, 0.15) is 37.0 Å². The lowest BCUT2D eigenvalue weighted by molar-refractivity contribution is 0.0635. The van der Waals surface area contributed by atoms with E-state index in [9.17, 15) is 9.59 Å². The minimum Gasteiger partial charge on any atom is -0.444 e. The molecule has 2 heterocycles. The van der Waals surface area contributed by atoms with Crippen LogP contribution in [0.25, 0.3) is 11.0 Å². The standard InChI is InChI=1S/C19H19BrN4O4/c1-10-14(8-12(9-21-10)22-18(26)27-19(2,3)4)23-17(25)16-13-6-5-11(20)7-15(13)28-24-16/h5-9H,1-4H3,(H,22,26)(H,23,25). The number of pyridine rings is 1. The van der Waals surface area contributed by atoms with Crippen molar-refractivity contribution in [1.29, 1.82) is 0 Å². The number of fused-ring (bicyclic) bond motifs is 1. The van der Waals surface area contributed by atoms with Gasteiger partial charge in [-0.05, 0) is 52.0 Å². The molecule has 0 aliphatic heterocycles. The Morgan fingerprint density at radius 1 is 1.18 bits per heavy atom. The summed E-state index contributed by atoms with van der Waals surface area (Å²) in [5.74, 6) is -0.444. The van der Waals surface area contributed by atoms with Gasteiger partial charge in [0.05, 0.1) is 28.7 Å². The third-order valence-electron chi connectivity index (χ3n) is 3.63. The van der Waals surface area contributed by atoms with Gasteiger partial charge in [-0.3, -0.25) is 15.1 Å². The lowest BCUT2D eigenvalue weighted by atomic mass is 10.2. The number of anilines is 2. The van der Waals surface area contributed by atoms with Gasteiger partial charge in [-0.2, -0.15) is 0 Å². The van der Waals surface area contributed by atoms with E-state index in [2.05, 4.69) is 36.7 Å². The van der Waals surface area contributed by atoms with Crippen LogP contribution in [0.5, 0.6) is 0 Å². The maximum absolute atomic E-state index is 12.7. The number of carbonyl (C=O) groups excluding carboxylic acids is 2. The molecule has 0 bridgehead atoms. The summed E-state index contributed by atoms with van der Waals surface area (Å²) in [6, 6.07) is 6.88. The second kappa shape index (κ2) is 7.59. The Morgan fingerprint density at radius 2 is 1.93 bits per heavy atom. The fourth-order valence-electron chi connectivity index (χ4n) is 2.41. The number of aryl methyl sites for hydroxylation is 1. The first-order valence-electron chi connectivity index (χ1n) is 8.45. The molecule has 2 amide bonds. The van der Waals surface area contributed by atoms with Crippen molar-refractivity contribution in [2.75, 3.05) is 10.6 Å². The minimum absolute atomic E-state index is 0.160. The van der Waals surface area contributed by atoms with Gasteiger partial charge in [0.2, 0.25) is 0 Å². The molecular formula is C19H19BrN4O4. The summed E-state index contributed by atoms with van der Waals surface area (Å²) in [5.41, 5.74) is 1.44. The number of halogens is 1. The van der Waals surface area contributed by atoms with Gasteiger partial charge >= 0.3 is 6.09 Å². The molecule has 0 fully saturated rings. The minimum atomic E-state index is -0.623. The number of hydrogen-bond donors (Lipinski definition) is 2. The van der Waals surface area contributed by atoms with Gasteiger partial charge in [-0.15, -0.1) is 0 Å². The van der Waals surface area contributed by atoms with E-state index in [0.717, 1.165) is 4.47 Å². The molecule has 2 aromatic heterocycles. The van der Waals surface area contributed by atoms with E-state index in [1.54, 1.807) is 52.0 Å². The molecule has 0 aliphatic carbocycles. The van der Waals surface area contributed by atoms with Crippen LogP contribution in [0.4, 0.5) is 16.2 Å². The van der Waals surface area contributed by atoms with Crippen molar-refractivity contribution < 1.29 is 18.8 Å². The Labute approximate surface area is 169 Å². The van der Waals surface area contributed by atoms with Gasteiger partial charge in [0.25, 0.3) is 5.91 Å². The number of aromatic nitrogens is 2. The summed E-state index contributed by atoms with van der Waals surface area (Å²) in [6.45, 7) is 7.05. The molecule has 8 nitrogen and oxygen atoms in total. The van der Waals surface area contributed by atoms with Crippen molar-refractivity contribution in [2.45, 2.75) is 33.3 Å². The second-order valence-electron chi connectivity index (χ2n) is 7.11. The van der Waals surface area contributed by atoms with Crippen LogP contribution in [0.2, 0.25) is 0 Å². The average molecular weight is 447 g/mol. The Morgan fingerprint density at radius 3 is 2.64 bits per heavy atom. The highest BCUT2D eigenvalue weighted by atomic mass is 79.9. The smallest absolute Gasteiger partial charge is 0.412 e. The lowest BCUT2D eigenvalue weighted by Gasteiger charge is -2.19. The van der Waals surface area contributed by atoms with Gasteiger partial charge in [-0.25, -0.2) is 4.79 Å². The Bertz CT molecular complexity index is 1060. The monoisotopic (exact) mass is 446 g/mol. The molecule has 0 unspecified atom stereocenters. The molecule has 0 radical (unpaired) electrons. The van der Waals surface area contributed by atoms with Crippen molar-refractivity contribution >= 4 is 50.3 Å². The third kappa shape index (κ3) is 4.66. The van der Waals surface area contributed by atoms with E-state index < -0.39 is 17.6 Å². The van der Waals surface area contributed by atoms with Crippen LogP contribution >= 0.6 is 15.9 Å². The van der Waals surface area contributed by atoms with Crippen molar-refractivity contribution in [3.63, 3.8) is 0 Å². The molecule has 0 spiro atoms. The van der Waals surface area contributed by atoms with E-state index in [1.807, 2.05) is 0 Å². The topological polar surface area (TPSA) is 106 Å². The number of rotatable bonds is 3. The molecule has 9 heteroatoms. The molecule has 3 aromatic rings. The molecule has 3 rings (SSSR count). The number of ether oxygens (including phenoxy) is 1. The van der Waals surface area contributed by atoms with Gasteiger partial charge < -0.3 is 14.6 Å². The van der Waals surface area contributed by atoms with Gasteiger partial charge in [0, 0.05) is 4.47 Å². The van der Waals surface area contributed by atoms with Crippen LogP contribution in [0.15, 0.2) is 39.5 Å². The molecule has 1 aromatic carbocycles. The van der Waals surface area contributed by atoms with Crippen LogP contribution in [0.3, 0.4) is 0 Å². The number of amides is 2. The quantitative estimate of drug-likeness (QED) is 0.592. The first-order valence-corrected chi connectivity index (χ1v) is 9.24. The molecule has 28 heavy (non-hydrogen) atoms. The summed E-state index contributed by atoms with van der Waals surface area (Å²) in [7, 11) is 0. The van der Waals surface area contributed by atoms with E-state index in [0.29, 0.717) is 28.0 Å². The lowest BCUT2D eigenvalue weighted by Crippen LogP contribution is -2.27. The van der Waals surface area contributed by atoms with Crippen LogP contribution in [-0.2, 0) is 4.74 Å². The highest BCUT2D eigenvalue weighted by molar-refractivity contribution is 9.10. The highest BCUT2D eigenvalue weighted by Gasteiger charge is 2.19. The number of benzene rings is 1. The normalized spacial score (nSPS) is 11.3. The summed E-state index contributed by atoms with van der Waals surface area (Å²) < 4.78 is 11.3. The summed E-state index contributed by atoms with van der Waals surface area (Å²) >= 11 is 3.35. The number of hydrogen-bond acceptors (Lipinski definition) is 6. The molecule has 146 valence electrons. The summed E-state index contributed by atoms with van der Waals surface area (Å²) in [5, 5.41) is 9.80. The first-order chi connectivity index (χ1) is 13.1. The average Bonchev–Trinajstić information content (AvgIpc) is 2.99. The summed E-state index contributed by atoms with van der Waals surface area (Å²) in [6.07, 6.45) is 0.876. The van der Waals surface area contributed by atoms with Crippen LogP contribution < -0.4 is 10.6 Å². The zero-order valence-electron chi connectivity index (χ0n) is 15.8. The maximum Gasteiger partial charge on any atom is 0.412 e. The Balaban J connectivity index is 1.79. The van der Waals surface area contributed by atoms with Crippen LogP contribution in [-0.4, -0.2) is 27.7 Å². The molecule has 0 atom stereocenters. The molecule has 0 saturated carbocycles. The van der Waals surface area contributed by atoms with E-state index in [4.69, 9.17) is 9.26 Å². The molecular weight excluding hydrogens is 428 g/mol. The first kappa shape index (κ1) is 19.8. The fourth-order valence-corrected chi connectivity index (χ4v) is 2.75. The zero-order valence-corrected chi connectivity index (χ0v) is 17.4. The van der Waals surface area contributed by atoms with Gasteiger partial charge in [-0.1, -0.05) is 21.1 Å². The summed E-state index contributed by atoms with van der Waals surface area (Å²) in [4.78, 5) is 28.8. The van der Waals surface area contributed by atoms with Gasteiger partial charge in [0.1, 0.15) is 5.60 Å². The predicted molar refractivity (Wildman–Crippen MR) is 108 cm³/mol. The number of nitrogens with zero attached hydrogens (tertiary/aromatic N) is 2. The predicted octanol–water partition coefficient (Wildman–Crippen LogP) is 4.89. The van der Waals surface area contributed by atoms with Gasteiger partial charge in [0.15, 0.2) is 11.3 Å². The Hall–Kier alpha value is -2.94. The van der Waals surface area contributed by atoms with Crippen molar-refractivity contribution in [3.8, 4) is 0 Å². The number of carbonyl (C=O) groups is 2. The Kier molecular flexibility index (Phi) is 5.37. The maximum atomic E-state index is 12.7. The van der Waals surface area contributed by atoms with Crippen molar-refractivity contribution in [1.82, 2.24) is 10.1 Å². The third-order valence-corrected chi connectivity index (χ3v) is 4.12. The van der Waals surface area contributed by atoms with Crippen molar-refractivity contribution in [2.24, 2.45) is 0 Å². The van der Waals surface area contributed by atoms with E-state index in [1.165, 1.54) is 6.20 Å². The fraction of sp³-hybridized carbons (Fsp3) is 0.263. The molecule has 0 saturated heterocycles. The van der Waals surface area contributed by atoms with E-state index >= 15 is 0 Å². The SMILES string of the molecule is Cc1ncc(NC(=O)OC(C)(C)C)cc1NC(=O)c1noc2cc(Br)ccc12. The van der Waals surface area contributed by atoms with E-state index in [-0.39, 0.29) is 5.69 Å². The molecule has 2 N–H and O–H groups in total.